The molecule has 0 saturated heterocycles. The van der Waals surface area contributed by atoms with Crippen molar-refractivity contribution in [1.29, 1.82) is 0 Å². The number of halogens is 1. The van der Waals surface area contributed by atoms with E-state index in [2.05, 4.69) is 0 Å². The second-order valence-corrected chi connectivity index (χ2v) is 5.29. The molecule has 0 aliphatic heterocycles. The summed E-state index contributed by atoms with van der Waals surface area (Å²) in [7, 11) is -3.24. The van der Waals surface area contributed by atoms with Crippen molar-refractivity contribution in [2.45, 2.75) is 38.5 Å². The molecular formula is C8H18ClNO2S. The highest BCUT2D eigenvalue weighted by Gasteiger charge is 2.00. The molecule has 0 fully saturated rings. The topological polar surface area (TPSA) is 60.2 Å². The van der Waals surface area contributed by atoms with Crippen LogP contribution in [0.1, 0.15) is 38.5 Å². The van der Waals surface area contributed by atoms with Gasteiger partial charge in [0, 0.05) is 5.88 Å². The summed E-state index contributed by atoms with van der Waals surface area (Å²) in [6, 6.07) is 0. The third kappa shape index (κ3) is 12.2. The van der Waals surface area contributed by atoms with Crippen LogP contribution >= 0.6 is 11.6 Å². The number of hydrogen-bond acceptors (Lipinski definition) is 2. The molecule has 0 radical (unpaired) electrons. The highest BCUT2D eigenvalue weighted by molar-refractivity contribution is 7.89. The molecule has 0 aliphatic rings. The first kappa shape index (κ1) is 13.2. The Balaban J connectivity index is 3.09. The Morgan fingerprint density at radius 1 is 0.923 bits per heavy atom. The van der Waals surface area contributed by atoms with Crippen molar-refractivity contribution >= 4 is 21.6 Å². The second-order valence-electron chi connectivity index (χ2n) is 3.18. The van der Waals surface area contributed by atoms with Crippen molar-refractivity contribution in [3.63, 3.8) is 0 Å². The zero-order valence-corrected chi connectivity index (χ0v) is 9.41. The van der Waals surface area contributed by atoms with E-state index in [0.717, 1.165) is 38.0 Å². The summed E-state index contributed by atoms with van der Waals surface area (Å²) in [4.78, 5) is 0. The van der Waals surface area contributed by atoms with E-state index < -0.39 is 10.0 Å². The first-order valence-corrected chi connectivity index (χ1v) is 6.87. The van der Waals surface area contributed by atoms with Gasteiger partial charge in [-0.1, -0.05) is 25.7 Å². The molecule has 5 heteroatoms. The first-order chi connectivity index (χ1) is 6.06. The van der Waals surface area contributed by atoms with E-state index in [9.17, 15) is 8.42 Å². The molecule has 0 rings (SSSR count). The van der Waals surface area contributed by atoms with E-state index in [-0.39, 0.29) is 5.75 Å². The van der Waals surface area contributed by atoms with Gasteiger partial charge in [0.2, 0.25) is 10.0 Å². The number of hydrogen-bond donors (Lipinski definition) is 1. The Morgan fingerprint density at radius 2 is 1.38 bits per heavy atom. The van der Waals surface area contributed by atoms with Gasteiger partial charge in [0.15, 0.2) is 0 Å². The van der Waals surface area contributed by atoms with E-state index in [4.69, 9.17) is 16.7 Å². The van der Waals surface area contributed by atoms with Gasteiger partial charge in [-0.2, -0.15) is 0 Å². The quantitative estimate of drug-likeness (QED) is 0.508. The molecular weight excluding hydrogens is 210 g/mol. The lowest BCUT2D eigenvalue weighted by atomic mass is 10.1. The molecule has 2 N–H and O–H groups in total. The minimum atomic E-state index is -3.24. The summed E-state index contributed by atoms with van der Waals surface area (Å²) < 4.78 is 21.1. The SMILES string of the molecule is NS(=O)(=O)CCCCCCCCCl. The zero-order valence-electron chi connectivity index (χ0n) is 7.84. The number of primary sulfonamides is 1. The molecule has 0 amide bonds. The van der Waals surface area contributed by atoms with Gasteiger partial charge in [-0.15, -0.1) is 11.6 Å². The largest absolute Gasteiger partial charge is 0.229 e. The standard InChI is InChI=1S/C8H18ClNO2S/c9-7-5-3-1-2-4-6-8-13(10,11)12/h1-8H2,(H2,10,11,12). The lowest BCUT2D eigenvalue weighted by Crippen LogP contribution is -2.16. The zero-order chi connectivity index (χ0) is 10.2. The van der Waals surface area contributed by atoms with E-state index in [1.54, 1.807) is 0 Å². The Kier molecular flexibility index (Phi) is 7.71. The van der Waals surface area contributed by atoms with Crippen molar-refractivity contribution in [3.05, 3.63) is 0 Å². The molecule has 0 aromatic carbocycles. The molecule has 0 unspecified atom stereocenters. The first-order valence-electron chi connectivity index (χ1n) is 4.62. The lowest BCUT2D eigenvalue weighted by molar-refractivity contribution is 0.585. The highest BCUT2D eigenvalue weighted by atomic mass is 35.5. The van der Waals surface area contributed by atoms with Crippen LogP contribution in [0.3, 0.4) is 0 Å². The van der Waals surface area contributed by atoms with Crippen molar-refractivity contribution in [1.82, 2.24) is 0 Å². The Hall–Kier alpha value is 0.200. The summed E-state index contributed by atoms with van der Waals surface area (Å²) >= 11 is 5.51. The van der Waals surface area contributed by atoms with Crippen LogP contribution < -0.4 is 5.14 Å². The van der Waals surface area contributed by atoms with E-state index in [1.807, 2.05) is 0 Å². The Morgan fingerprint density at radius 3 is 1.85 bits per heavy atom. The number of unbranched alkanes of at least 4 members (excludes halogenated alkanes) is 5. The van der Waals surface area contributed by atoms with Gasteiger partial charge in [-0.05, 0) is 12.8 Å². The average molecular weight is 228 g/mol. The highest BCUT2D eigenvalue weighted by Crippen LogP contribution is 2.06. The van der Waals surface area contributed by atoms with Crippen molar-refractivity contribution in [3.8, 4) is 0 Å². The van der Waals surface area contributed by atoms with E-state index >= 15 is 0 Å². The molecule has 0 aromatic heterocycles. The number of nitrogens with two attached hydrogens (primary N) is 1. The molecule has 0 spiro atoms. The van der Waals surface area contributed by atoms with Crippen LogP contribution in [-0.2, 0) is 10.0 Å². The maximum atomic E-state index is 10.5. The van der Waals surface area contributed by atoms with Gasteiger partial charge in [0.05, 0.1) is 5.75 Å². The fourth-order valence-electron chi connectivity index (χ4n) is 1.10. The van der Waals surface area contributed by atoms with Crippen LogP contribution in [0.2, 0.25) is 0 Å². The minimum Gasteiger partial charge on any atom is -0.229 e. The molecule has 13 heavy (non-hydrogen) atoms. The summed E-state index contributed by atoms with van der Waals surface area (Å²) in [6.45, 7) is 0. The average Bonchev–Trinajstić information content (AvgIpc) is 2.01. The van der Waals surface area contributed by atoms with E-state index in [1.165, 1.54) is 0 Å². The van der Waals surface area contributed by atoms with Crippen LogP contribution in [0.25, 0.3) is 0 Å². The molecule has 0 atom stereocenters. The smallest absolute Gasteiger partial charge is 0.209 e. The maximum Gasteiger partial charge on any atom is 0.209 e. The van der Waals surface area contributed by atoms with Gasteiger partial charge < -0.3 is 0 Å². The molecule has 0 aromatic rings. The number of sulfonamides is 1. The molecule has 0 heterocycles. The fourth-order valence-corrected chi connectivity index (χ4v) is 1.90. The van der Waals surface area contributed by atoms with Gasteiger partial charge in [0.25, 0.3) is 0 Å². The number of alkyl halides is 1. The van der Waals surface area contributed by atoms with Gasteiger partial charge in [-0.25, -0.2) is 13.6 Å². The Bertz CT molecular complexity index is 204. The van der Waals surface area contributed by atoms with Gasteiger partial charge >= 0.3 is 0 Å². The maximum absolute atomic E-state index is 10.5. The van der Waals surface area contributed by atoms with Gasteiger partial charge in [-0.3, -0.25) is 0 Å². The molecule has 80 valence electrons. The van der Waals surface area contributed by atoms with Crippen molar-refractivity contribution < 1.29 is 8.42 Å². The lowest BCUT2D eigenvalue weighted by Gasteiger charge is -1.99. The summed E-state index contributed by atoms with van der Waals surface area (Å²) in [5.41, 5.74) is 0. The molecule has 3 nitrogen and oxygen atoms in total. The predicted octanol–water partition coefficient (Wildman–Crippen LogP) is 1.85. The van der Waals surface area contributed by atoms with E-state index in [0.29, 0.717) is 6.42 Å². The van der Waals surface area contributed by atoms with Crippen LogP contribution in [0.15, 0.2) is 0 Å². The third-order valence-corrected chi connectivity index (χ3v) is 2.94. The van der Waals surface area contributed by atoms with Crippen LogP contribution in [0, 0.1) is 0 Å². The van der Waals surface area contributed by atoms with Crippen LogP contribution in [0.5, 0.6) is 0 Å². The predicted molar refractivity (Wildman–Crippen MR) is 56.4 cm³/mol. The summed E-state index contributed by atoms with van der Waals surface area (Å²) in [5, 5.41) is 4.85. The molecule has 0 bridgehead atoms. The Labute approximate surface area is 85.7 Å². The summed E-state index contributed by atoms with van der Waals surface area (Å²) in [6.07, 6.45) is 6.03. The summed E-state index contributed by atoms with van der Waals surface area (Å²) in [5.74, 6) is 0.833. The minimum absolute atomic E-state index is 0.114. The fraction of sp³-hybridized carbons (Fsp3) is 1.00. The molecule has 0 aliphatic carbocycles. The van der Waals surface area contributed by atoms with Crippen LogP contribution in [-0.4, -0.2) is 20.1 Å². The van der Waals surface area contributed by atoms with Crippen molar-refractivity contribution in [2.24, 2.45) is 5.14 Å². The molecule has 0 saturated carbocycles. The second kappa shape index (κ2) is 7.59. The number of rotatable bonds is 8. The third-order valence-electron chi connectivity index (χ3n) is 1.81. The van der Waals surface area contributed by atoms with Gasteiger partial charge in [0.1, 0.15) is 0 Å². The van der Waals surface area contributed by atoms with Crippen LogP contribution in [0.4, 0.5) is 0 Å². The normalized spacial score (nSPS) is 11.8. The van der Waals surface area contributed by atoms with Crippen molar-refractivity contribution in [2.75, 3.05) is 11.6 Å². The monoisotopic (exact) mass is 227 g/mol.